The van der Waals surface area contributed by atoms with Gasteiger partial charge in [0, 0.05) is 13.0 Å². The number of carboxylic acids is 1. The Morgan fingerprint density at radius 2 is 1.80 bits per heavy atom. The lowest BCUT2D eigenvalue weighted by molar-refractivity contribution is -0.142. The lowest BCUT2D eigenvalue weighted by Gasteiger charge is -2.21. The molecule has 0 aliphatic carbocycles. The number of hydrogen-bond acceptors (Lipinski definition) is 5. The molecule has 1 aromatic carbocycles. The van der Waals surface area contributed by atoms with Crippen LogP contribution in [0.1, 0.15) is 32.8 Å². The molecule has 0 fully saturated rings. The molecule has 0 radical (unpaired) electrons. The van der Waals surface area contributed by atoms with Gasteiger partial charge in [0.05, 0.1) is 26.2 Å². The smallest absolute Gasteiger partial charge is 0.326 e. The van der Waals surface area contributed by atoms with Gasteiger partial charge < -0.3 is 24.6 Å². The van der Waals surface area contributed by atoms with Crippen molar-refractivity contribution in [2.24, 2.45) is 0 Å². The van der Waals surface area contributed by atoms with Gasteiger partial charge in [0.25, 0.3) is 0 Å². The summed E-state index contributed by atoms with van der Waals surface area (Å²) in [6, 6.07) is 4.14. The van der Waals surface area contributed by atoms with E-state index in [0.29, 0.717) is 17.1 Å². The summed E-state index contributed by atoms with van der Waals surface area (Å²) in [4.78, 5) is 23.5. The molecule has 7 nitrogen and oxygen atoms in total. The fraction of sp³-hybridized carbons (Fsp3) is 0.556. The van der Waals surface area contributed by atoms with Crippen LogP contribution in [0.15, 0.2) is 18.2 Å². The summed E-state index contributed by atoms with van der Waals surface area (Å²) in [7, 11) is 3.04. The Morgan fingerprint density at radius 1 is 1.16 bits per heavy atom. The van der Waals surface area contributed by atoms with Gasteiger partial charge in [0.15, 0.2) is 11.5 Å². The molecule has 1 amide bonds. The molecule has 7 heteroatoms. The van der Waals surface area contributed by atoms with E-state index in [1.165, 1.54) is 14.2 Å². The van der Waals surface area contributed by atoms with E-state index in [1.54, 1.807) is 18.2 Å². The Hall–Kier alpha value is -2.28. The van der Waals surface area contributed by atoms with Gasteiger partial charge in [-0.15, -0.1) is 0 Å². The highest BCUT2D eigenvalue weighted by Gasteiger charge is 2.21. The number of benzene rings is 1. The normalized spacial score (nSPS) is 12.4. The minimum Gasteiger partial charge on any atom is -0.493 e. The predicted octanol–water partition coefficient (Wildman–Crippen LogP) is 2.02. The number of carbonyl (C=O) groups is 2. The predicted molar refractivity (Wildman–Crippen MR) is 93.1 cm³/mol. The van der Waals surface area contributed by atoms with Crippen LogP contribution in [0.25, 0.3) is 0 Å². The van der Waals surface area contributed by atoms with Gasteiger partial charge in [-0.3, -0.25) is 4.79 Å². The van der Waals surface area contributed by atoms with Crippen molar-refractivity contribution in [3.8, 4) is 11.5 Å². The van der Waals surface area contributed by atoms with Crippen molar-refractivity contribution in [2.45, 2.75) is 45.3 Å². The lowest BCUT2D eigenvalue weighted by atomic mass is 10.1. The van der Waals surface area contributed by atoms with Crippen molar-refractivity contribution in [1.29, 1.82) is 0 Å². The third-order valence-electron chi connectivity index (χ3n) is 3.39. The van der Waals surface area contributed by atoms with Gasteiger partial charge in [0.2, 0.25) is 5.91 Å². The maximum absolute atomic E-state index is 12.2. The van der Waals surface area contributed by atoms with E-state index >= 15 is 0 Å². The number of aliphatic carboxylic acids is 1. The molecule has 0 bridgehead atoms. The summed E-state index contributed by atoms with van der Waals surface area (Å²) in [6.07, 6.45) is 0.245. The highest BCUT2D eigenvalue weighted by molar-refractivity contribution is 5.84. The van der Waals surface area contributed by atoms with E-state index in [1.807, 2.05) is 20.8 Å². The van der Waals surface area contributed by atoms with Crippen LogP contribution in [-0.4, -0.2) is 49.5 Å². The number of rotatable bonds is 9. The van der Waals surface area contributed by atoms with Crippen LogP contribution in [0.5, 0.6) is 11.5 Å². The molecule has 0 spiro atoms. The highest BCUT2D eigenvalue weighted by atomic mass is 16.5. The molecule has 1 rings (SSSR count). The molecule has 0 aliphatic heterocycles. The molecule has 140 valence electrons. The number of carbonyl (C=O) groups excluding carboxylic acids is 1. The van der Waals surface area contributed by atoms with Crippen molar-refractivity contribution in [2.75, 3.05) is 20.8 Å². The van der Waals surface area contributed by atoms with E-state index in [-0.39, 0.29) is 31.0 Å². The van der Waals surface area contributed by atoms with Crippen molar-refractivity contribution < 1.29 is 28.9 Å². The summed E-state index contributed by atoms with van der Waals surface area (Å²) >= 11 is 0. The lowest BCUT2D eigenvalue weighted by Crippen LogP contribution is -2.42. The number of carboxylic acid groups (broad SMARTS) is 1. The standard InChI is InChI=1S/C18H27NO6/c1-18(2,3)25-9-8-13(17(21)22)19-16(20)11-12-6-7-14(23-4)15(10-12)24-5/h6-7,10,13H,8-9,11H2,1-5H3,(H,19,20)(H,21,22). The molecule has 0 aromatic heterocycles. The Balaban J connectivity index is 2.64. The van der Waals surface area contributed by atoms with Crippen molar-refractivity contribution in [3.63, 3.8) is 0 Å². The molecule has 0 saturated heterocycles. The third-order valence-corrected chi connectivity index (χ3v) is 3.39. The van der Waals surface area contributed by atoms with Crippen molar-refractivity contribution >= 4 is 11.9 Å². The number of amides is 1. The van der Waals surface area contributed by atoms with E-state index in [4.69, 9.17) is 14.2 Å². The quantitative estimate of drug-likeness (QED) is 0.705. The van der Waals surface area contributed by atoms with Crippen molar-refractivity contribution in [1.82, 2.24) is 5.32 Å². The van der Waals surface area contributed by atoms with Gasteiger partial charge >= 0.3 is 5.97 Å². The second-order valence-electron chi connectivity index (χ2n) is 6.57. The van der Waals surface area contributed by atoms with Crippen LogP contribution in [0.4, 0.5) is 0 Å². The first-order valence-electron chi connectivity index (χ1n) is 8.03. The molecule has 1 unspecified atom stereocenters. The first kappa shape index (κ1) is 20.8. The molecular formula is C18H27NO6. The molecular weight excluding hydrogens is 326 g/mol. The third kappa shape index (κ3) is 7.43. The van der Waals surface area contributed by atoms with Crippen LogP contribution in [0.3, 0.4) is 0 Å². The molecule has 1 aromatic rings. The van der Waals surface area contributed by atoms with Gasteiger partial charge in [0.1, 0.15) is 6.04 Å². The average Bonchev–Trinajstić information content (AvgIpc) is 2.52. The Labute approximate surface area is 148 Å². The zero-order valence-electron chi connectivity index (χ0n) is 15.4. The van der Waals surface area contributed by atoms with E-state index in [2.05, 4.69) is 5.32 Å². The van der Waals surface area contributed by atoms with E-state index in [9.17, 15) is 14.7 Å². The molecule has 2 N–H and O–H groups in total. The molecule has 0 aliphatic rings. The van der Waals surface area contributed by atoms with Crippen LogP contribution < -0.4 is 14.8 Å². The van der Waals surface area contributed by atoms with Crippen LogP contribution in [0, 0.1) is 0 Å². The summed E-state index contributed by atoms with van der Waals surface area (Å²) in [5.74, 6) is -0.385. The summed E-state index contributed by atoms with van der Waals surface area (Å²) in [5.41, 5.74) is 0.345. The minimum absolute atomic E-state index is 0.0459. The Morgan fingerprint density at radius 3 is 2.32 bits per heavy atom. The van der Waals surface area contributed by atoms with Gasteiger partial charge in [-0.05, 0) is 38.5 Å². The zero-order valence-corrected chi connectivity index (χ0v) is 15.4. The van der Waals surface area contributed by atoms with Gasteiger partial charge in [-0.25, -0.2) is 4.79 Å². The highest BCUT2D eigenvalue weighted by Crippen LogP contribution is 2.27. The number of ether oxygens (including phenoxy) is 3. The average molecular weight is 353 g/mol. The Kier molecular flexibility index (Phi) is 7.70. The van der Waals surface area contributed by atoms with E-state index < -0.39 is 12.0 Å². The molecule has 1 atom stereocenters. The van der Waals surface area contributed by atoms with Crippen molar-refractivity contribution in [3.05, 3.63) is 23.8 Å². The second kappa shape index (κ2) is 9.27. The van der Waals surface area contributed by atoms with Gasteiger partial charge in [-0.1, -0.05) is 6.07 Å². The number of hydrogen-bond donors (Lipinski definition) is 2. The van der Waals surface area contributed by atoms with Crippen LogP contribution in [-0.2, 0) is 20.7 Å². The fourth-order valence-corrected chi connectivity index (χ4v) is 2.16. The second-order valence-corrected chi connectivity index (χ2v) is 6.57. The van der Waals surface area contributed by atoms with Crippen LogP contribution >= 0.6 is 0 Å². The summed E-state index contributed by atoms with van der Waals surface area (Å²) < 4.78 is 15.9. The maximum Gasteiger partial charge on any atom is 0.326 e. The van der Waals surface area contributed by atoms with E-state index in [0.717, 1.165) is 0 Å². The minimum atomic E-state index is -1.09. The number of methoxy groups -OCH3 is 2. The summed E-state index contributed by atoms with van der Waals surface area (Å²) in [6.45, 7) is 5.91. The first-order valence-corrected chi connectivity index (χ1v) is 8.03. The fourth-order valence-electron chi connectivity index (χ4n) is 2.16. The zero-order chi connectivity index (χ0) is 19.0. The monoisotopic (exact) mass is 353 g/mol. The SMILES string of the molecule is COc1ccc(CC(=O)NC(CCOC(C)(C)C)C(=O)O)cc1OC. The van der Waals surface area contributed by atoms with Crippen LogP contribution in [0.2, 0.25) is 0 Å². The number of nitrogens with one attached hydrogen (secondary N) is 1. The molecule has 0 saturated carbocycles. The topological polar surface area (TPSA) is 94.1 Å². The largest absolute Gasteiger partial charge is 0.493 e. The molecule has 25 heavy (non-hydrogen) atoms. The first-order chi connectivity index (χ1) is 11.7. The molecule has 0 heterocycles. The summed E-state index contributed by atoms with van der Waals surface area (Å²) in [5, 5.41) is 11.8. The maximum atomic E-state index is 12.2. The Bertz CT molecular complexity index is 594. The van der Waals surface area contributed by atoms with Gasteiger partial charge in [-0.2, -0.15) is 0 Å².